The van der Waals surface area contributed by atoms with Gasteiger partial charge in [-0.1, -0.05) is 18.2 Å². The first-order valence-electron chi connectivity index (χ1n) is 10.6. The highest BCUT2D eigenvalue weighted by atomic mass is 16.2. The maximum absolute atomic E-state index is 12.6. The van der Waals surface area contributed by atoms with Gasteiger partial charge in [0.2, 0.25) is 5.91 Å². The number of piperazine rings is 1. The van der Waals surface area contributed by atoms with Crippen LogP contribution in [0.3, 0.4) is 0 Å². The number of aryl methyl sites for hydroxylation is 1. The normalized spacial score (nSPS) is 17.4. The number of para-hydroxylation sites is 1. The van der Waals surface area contributed by atoms with Crippen molar-refractivity contribution in [3.63, 3.8) is 0 Å². The molecule has 3 heterocycles. The van der Waals surface area contributed by atoms with Crippen molar-refractivity contribution in [2.24, 2.45) is 0 Å². The molecule has 1 aromatic carbocycles. The zero-order valence-corrected chi connectivity index (χ0v) is 16.9. The van der Waals surface area contributed by atoms with Crippen LogP contribution in [0.1, 0.15) is 31.2 Å². The third-order valence-electron chi connectivity index (χ3n) is 5.81. The lowest BCUT2D eigenvalue weighted by Crippen LogP contribution is -2.54. The van der Waals surface area contributed by atoms with E-state index in [4.69, 9.17) is 0 Å². The van der Waals surface area contributed by atoms with Crippen LogP contribution in [0.25, 0.3) is 5.69 Å². The summed E-state index contributed by atoms with van der Waals surface area (Å²) in [6, 6.07) is 10.1. The summed E-state index contributed by atoms with van der Waals surface area (Å²) in [6.45, 7) is 4.26. The third kappa shape index (κ3) is 4.78. The predicted octanol–water partition coefficient (Wildman–Crippen LogP) is 2.56. The average Bonchev–Trinajstić information content (AvgIpc) is 3.27. The predicted molar refractivity (Wildman–Crippen MR) is 111 cm³/mol. The zero-order chi connectivity index (χ0) is 20.1. The largest absolute Gasteiger partial charge is 0.339 e. The van der Waals surface area contributed by atoms with Crippen LogP contribution < -0.4 is 0 Å². The van der Waals surface area contributed by atoms with Gasteiger partial charge >= 0.3 is 6.03 Å². The van der Waals surface area contributed by atoms with E-state index in [1.54, 1.807) is 0 Å². The van der Waals surface area contributed by atoms with E-state index in [0.717, 1.165) is 37.2 Å². The van der Waals surface area contributed by atoms with Gasteiger partial charge in [0.15, 0.2) is 0 Å². The summed E-state index contributed by atoms with van der Waals surface area (Å²) in [4.78, 5) is 31.0. The quantitative estimate of drug-likeness (QED) is 0.799. The molecule has 0 unspecified atom stereocenters. The van der Waals surface area contributed by atoms with E-state index in [0.29, 0.717) is 39.0 Å². The van der Waals surface area contributed by atoms with Crippen molar-refractivity contribution < 1.29 is 9.59 Å². The number of carbonyl (C=O) groups is 2. The van der Waals surface area contributed by atoms with Gasteiger partial charge in [-0.2, -0.15) is 5.10 Å². The van der Waals surface area contributed by atoms with Crippen LogP contribution in [0.2, 0.25) is 0 Å². The number of rotatable bonds is 4. The molecule has 7 nitrogen and oxygen atoms in total. The summed E-state index contributed by atoms with van der Waals surface area (Å²) >= 11 is 0. The molecule has 4 rings (SSSR count). The standard InChI is InChI=1S/C22H29N5O2/c28-21(10-9-19-17-23-27(18-19)20-7-3-1-4-8-20)24-13-15-26(16-14-24)22(29)25-11-5-2-6-12-25/h1,3-4,7-8,17-18H,2,5-6,9-16H2. The number of hydrogen-bond acceptors (Lipinski definition) is 3. The Morgan fingerprint density at radius 1 is 0.828 bits per heavy atom. The number of aromatic nitrogens is 2. The molecule has 0 radical (unpaired) electrons. The van der Waals surface area contributed by atoms with E-state index >= 15 is 0 Å². The minimum atomic E-state index is 0.144. The maximum Gasteiger partial charge on any atom is 0.320 e. The molecule has 2 saturated heterocycles. The average molecular weight is 396 g/mol. The van der Waals surface area contributed by atoms with E-state index in [2.05, 4.69) is 5.10 Å². The third-order valence-corrected chi connectivity index (χ3v) is 5.81. The highest BCUT2D eigenvalue weighted by molar-refractivity contribution is 5.78. The van der Waals surface area contributed by atoms with E-state index in [-0.39, 0.29) is 11.9 Å². The summed E-state index contributed by atoms with van der Waals surface area (Å²) < 4.78 is 1.84. The van der Waals surface area contributed by atoms with Crippen LogP contribution in [0.5, 0.6) is 0 Å². The Labute approximate surface area is 171 Å². The van der Waals surface area contributed by atoms with Crippen LogP contribution in [-0.4, -0.2) is 75.7 Å². The lowest BCUT2D eigenvalue weighted by molar-refractivity contribution is -0.132. The molecule has 7 heteroatoms. The van der Waals surface area contributed by atoms with Gasteiger partial charge in [-0.3, -0.25) is 4.79 Å². The number of hydrogen-bond donors (Lipinski definition) is 0. The van der Waals surface area contributed by atoms with Crippen molar-refractivity contribution in [2.75, 3.05) is 39.3 Å². The van der Waals surface area contributed by atoms with Gasteiger partial charge in [-0.05, 0) is 43.4 Å². The first-order chi connectivity index (χ1) is 14.2. The second-order valence-electron chi connectivity index (χ2n) is 7.83. The Hall–Kier alpha value is -2.83. The van der Waals surface area contributed by atoms with Crippen molar-refractivity contribution in [3.05, 3.63) is 48.3 Å². The van der Waals surface area contributed by atoms with E-state index in [1.165, 1.54) is 6.42 Å². The Balaban J connectivity index is 1.23. The van der Waals surface area contributed by atoms with E-state index in [9.17, 15) is 9.59 Å². The molecule has 0 saturated carbocycles. The topological polar surface area (TPSA) is 61.7 Å². The van der Waals surface area contributed by atoms with Gasteiger partial charge in [0.1, 0.15) is 0 Å². The summed E-state index contributed by atoms with van der Waals surface area (Å²) in [5.41, 5.74) is 2.07. The van der Waals surface area contributed by atoms with Crippen molar-refractivity contribution >= 4 is 11.9 Å². The molecule has 0 aliphatic carbocycles. The van der Waals surface area contributed by atoms with Crippen molar-refractivity contribution in [1.82, 2.24) is 24.5 Å². The molecule has 0 bridgehead atoms. The molecule has 29 heavy (non-hydrogen) atoms. The van der Waals surface area contributed by atoms with Gasteiger partial charge < -0.3 is 14.7 Å². The van der Waals surface area contributed by atoms with Crippen LogP contribution in [0.4, 0.5) is 4.79 Å². The molecule has 2 aromatic rings. The molecule has 2 aliphatic heterocycles. The molecule has 154 valence electrons. The summed E-state index contributed by atoms with van der Waals surface area (Å²) in [6.07, 6.45) is 8.39. The fraction of sp³-hybridized carbons (Fsp3) is 0.500. The molecule has 2 fully saturated rings. The van der Waals surface area contributed by atoms with Crippen molar-refractivity contribution in [3.8, 4) is 5.69 Å². The van der Waals surface area contributed by atoms with Crippen LogP contribution in [0.15, 0.2) is 42.7 Å². The number of carbonyl (C=O) groups excluding carboxylic acids is 2. The molecule has 0 spiro atoms. The van der Waals surface area contributed by atoms with Gasteiger partial charge in [0, 0.05) is 51.9 Å². The van der Waals surface area contributed by atoms with E-state index < -0.39 is 0 Å². The zero-order valence-electron chi connectivity index (χ0n) is 16.9. The number of urea groups is 1. The number of amides is 3. The molecular formula is C22H29N5O2. The van der Waals surface area contributed by atoms with Crippen molar-refractivity contribution in [2.45, 2.75) is 32.1 Å². The monoisotopic (exact) mass is 395 g/mol. The van der Waals surface area contributed by atoms with Gasteiger partial charge in [0.05, 0.1) is 11.9 Å². The lowest BCUT2D eigenvalue weighted by Gasteiger charge is -2.38. The Kier molecular flexibility index (Phi) is 6.12. The van der Waals surface area contributed by atoms with Gasteiger partial charge in [-0.15, -0.1) is 0 Å². The second-order valence-corrected chi connectivity index (χ2v) is 7.83. The summed E-state index contributed by atoms with van der Waals surface area (Å²) in [7, 11) is 0. The fourth-order valence-corrected chi connectivity index (χ4v) is 4.05. The van der Waals surface area contributed by atoms with Gasteiger partial charge in [-0.25, -0.2) is 9.48 Å². The maximum atomic E-state index is 12.6. The Morgan fingerprint density at radius 3 is 2.21 bits per heavy atom. The Bertz CT molecular complexity index is 821. The number of piperidine rings is 1. The SMILES string of the molecule is O=C(CCc1cnn(-c2ccccc2)c1)N1CCN(C(=O)N2CCCCC2)CC1. The minimum absolute atomic E-state index is 0.144. The molecular weight excluding hydrogens is 366 g/mol. The minimum Gasteiger partial charge on any atom is -0.339 e. The second kappa shape index (κ2) is 9.11. The van der Waals surface area contributed by atoms with Crippen molar-refractivity contribution in [1.29, 1.82) is 0 Å². The smallest absolute Gasteiger partial charge is 0.320 e. The van der Waals surface area contributed by atoms with Gasteiger partial charge in [0.25, 0.3) is 0 Å². The van der Waals surface area contributed by atoms with E-state index in [1.807, 2.05) is 62.1 Å². The van der Waals surface area contributed by atoms with Crippen LogP contribution in [-0.2, 0) is 11.2 Å². The molecule has 0 N–H and O–H groups in total. The highest BCUT2D eigenvalue weighted by Crippen LogP contribution is 2.14. The molecule has 1 aromatic heterocycles. The molecule has 3 amide bonds. The molecule has 2 aliphatic rings. The summed E-state index contributed by atoms with van der Waals surface area (Å²) in [5, 5.41) is 4.39. The fourth-order valence-electron chi connectivity index (χ4n) is 4.05. The number of benzene rings is 1. The van der Waals surface area contributed by atoms with Crippen LogP contribution in [0, 0.1) is 0 Å². The van der Waals surface area contributed by atoms with Crippen LogP contribution >= 0.6 is 0 Å². The lowest BCUT2D eigenvalue weighted by atomic mass is 10.1. The molecule has 0 atom stereocenters. The Morgan fingerprint density at radius 2 is 1.48 bits per heavy atom. The first-order valence-corrected chi connectivity index (χ1v) is 10.6. The number of nitrogens with zero attached hydrogens (tertiary/aromatic N) is 5. The summed E-state index contributed by atoms with van der Waals surface area (Å²) in [5.74, 6) is 0.155. The number of likely N-dealkylation sites (tertiary alicyclic amines) is 1. The first kappa shape index (κ1) is 19.5. The highest BCUT2D eigenvalue weighted by Gasteiger charge is 2.27.